The second kappa shape index (κ2) is 10.1. The van der Waals surface area contributed by atoms with Crippen molar-refractivity contribution in [3.8, 4) is 11.5 Å². The Balaban J connectivity index is 1.62. The molecule has 3 rings (SSSR count). The fraction of sp³-hybridized carbons (Fsp3) is 0.0455. The summed E-state index contributed by atoms with van der Waals surface area (Å²) in [5.74, 6) is -0.583. The van der Waals surface area contributed by atoms with E-state index < -0.39 is 5.91 Å². The summed E-state index contributed by atoms with van der Waals surface area (Å²) in [6, 6.07) is 16.1. The number of ether oxygens (including phenoxy) is 1. The third-order valence-corrected chi connectivity index (χ3v) is 4.84. The fourth-order valence-corrected chi connectivity index (χ4v) is 3.26. The van der Waals surface area contributed by atoms with Crippen LogP contribution in [0.15, 0.2) is 70.2 Å². The summed E-state index contributed by atoms with van der Waals surface area (Å²) >= 11 is 9.21. The quantitative estimate of drug-likeness (QED) is 0.332. The summed E-state index contributed by atoms with van der Waals surface area (Å²) in [6.45, 7) is 0. The molecule has 0 aliphatic heterocycles. The predicted octanol–water partition coefficient (Wildman–Crippen LogP) is 4.83. The van der Waals surface area contributed by atoms with Crippen molar-refractivity contribution in [2.75, 3.05) is 12.4 Å². The van der Waals surface area contributed by atoms with Gasteiger partial charge in [0.05, 0.1) is 13.3 Å². The van der Waals surface area contributed by atoms with Gasteiger partial charge in [-0.3, -0.25) is 9.59 Å². The zero-order valence-electron chi connectivity index (χ0n) is 16.2. The first-order chi connectivity index (χ1) is 14.9. The van der Waals surface area contributed by atoms with Crippen LogP contribution in [0.1, 0.15) is 26.3 Å². The predicted molar refractivity (Wildman–Crippen MR) is 123 cm³/mol. The highest BCUT2D eigenvalue weighted by Gasteiger charge is 2.10. The maximum atomic E-state index is 12.3. The van der Waals surface area contributed by atoms with Crippen molar-refractivity contribution in [2.45, 2.75) is 0 Å². The summed E-state index contributed by atoms with van der Waals surface area (Å²) in [7, 11) is 1.44. The van der Waals surface area contributed by atoms with E-state index in [2.05, 4.69) is 31.8 Å². The van der Waals surface area contributed by atoms with Crippen molar-refractivity contribution in [1.29, 1.82) is 0 Å². The molecule has 0 heterocycles. The summed E-state index contributed by atoms with van der Waals surface area (Å²) in [5.41, 5.74) is 4.04. The Morgan fingerprint density at radius 1 is 1.06 bits per heavy atom. The van der Waals surface area contributed by atoms with Gasteiger partial charge in [-0.1, -0.05) is 33.6 Å². The van der Waals surface area contributed by atoms with Crippen LogP contribution < -0.4 is 15.5 Å². The Hall–Kier alpha value is -3.36. The van der Waals surface area contributed by atoms with E-state index in [1.807, 2.05) is 0 Å². The highest BCUT2D eigenvalue weighted by molar-refractivity contribution is 9.10. The van der Waals surface area contributed by atoms with E-state index in [4.69, 9.17) is 16.3 Å². The normalized spacial score (nSPS) is 10.7. The van der Waals surface area contributed by atoms with E-state index in [1.165, 1.54) is 13.3 Å². The molecule has 0 fully saturated rings. The average molecular weight is 503 g/mol. The number of halogens is 2. The summed E-state index contributed by atoms with van der Waals surface area (Å²) in [6.07, 6.45) is 1.31. The topological polar surface area (TPSA) is 100 Å². The van der Waals surface area contributed by atoms with Crippen LogP contribution >= 0.6 is 27.5 Å². The Morgan fingerprint density at radius 3 is 2.48 bits per heavy atom. The SMILES string of the molecule is COc1cc(Br)cc(/C=N\NC(=O)c2ccc(NC(=O)c3cccc(Cl)c3)cc2)c1O. The van der Waals surface area contributed by atoms with Crippen molar-refractivity contribution < 1.29 is 19.4 Å². The number of anilines is 1. The van der Waals surface area contributed by atoms with Crippen molar-refractivity contribution in [3.05, 3.63) is 86.8 Å². The monoisotopic (exact) mass is 501 g/mol. The fourth-order valence-electron chi connectivity index (χ4n) is 2.61. The molecule has 0 saturated heterocycles. The lowest BCUT2D eigenvalue weighted by atomic mass is 10.1. The zero-order valence-corrected chi connectivity index (χ0v) is 18.6. The number of rotatable bonds is 6. The number of amides is 2. The molecular formula is C22H17BrClN3O4. The van der Waals surface area contributed by atoms with Crippen LogP contribution in [0.2, 0.25) is 5.02 Å². The standard InChI is InChI=1S/C22H17BrClN3O4/c1-31-19-11-16(23)9-15(20(19)28)12-25-27-22(30)13-5-7-18(8-6-13)26-21(29)14-3-2-4-17(24)10-14/h2-12,28H,1H3,(H,26,29)(H,27,30)/b25-12-. The van der Waals surface area contributed by atoms with Gasteiger partial charge in [0.1, 0.15) is 0 Å². The van der Waals surface area contributed by atoms with Gasteiger partial charge < -0.3 is 15.2 Å². The molecule has 3 aromatic carbocycles. The molecule has 7 nitrogen and oxygen atoms in total. The van der Waals surface area contributed by atoms with Crippen molar-refractivity contribution in [3.63, 3.8) is 0 Å². The summed E-state index contributed by atoms with van der Waals surface area (Å²) in [5, 5.41) is 17.2. The molecule has 158 valence electrons. The van der Waals surface area contributed by atoms with Gasteiger partial charge in [-0.15, -0.1) is 0 Å². The van der Waals surface area contributed by atoms with Gasteiger partial charge in [0.15, 0.2) is 11.5 Å². The van der Waals surface area contributed by atoms with Crippen LogP contribution in [0.3, 0.4) is 0 Å². The van der Waals surface area contributed by atoms with E-state index in [0.717, 1.165) is 0 Å². The highest BCUT2D eigenvalue weighted by atomic mass is 79.9. The number of nitrogens with zero attached hydrogens (tertiary/aromatic N) is 1. The Bertz CT molecular complexity index is 1150. The average Bonchev–Trinajstić information content (AvgIpc) is 2.76. The van der Waals surface area contributed by atoms with E-state index in [1.54, 1.807) is 60.7 Å². The lowest BCUT2D eigenvalue weighted by Crippen LogP contribution is -2.18. The molecule has 3 N–H and O–H groups in total. The number of phenolic OH excluding ortho intramolecular Hbond substituents is 1. The molecule has 0 aliphatic rings. The van der Waals surface area contributed by atoms with Crippen LogP contribution in [-0.4, -0.2) is 30.2 Å². The van der Waals surface area contributed by atoms with Gasteiger partial charge in [-0.25, -0.2) is 5.43 Å². The number of aromatic hydroxyl groups is 1. The lowest BCUT2D eigenvalue weighted by Gasteiger charge is -2.07. The van der Waals surface area contributed by atoms with Gasteiger partial charge in [-0.2, -0.15) is 5.10 Å². The molecule has 0 aliphatic carbocycles. The lowest BCUT2D eigenvalue weighted by molar-refractivity contribution is 0.0954. The third kappa shape index (κ3) is 5.84. The van der Waals surface area contributed by atoms with Crippen LogP contribution in [0.5, 0.6) is 11.5 Å². The van der Waals surface area contributed by atoms with Gasteiger partial charge >= 0.3 is 0 Å². The molecule has 2 amide bonds. The van der Waals surface area contributed by atoms with E-state index >= 15 is 0 Å². The number of hydrogen-bond donors (Lipinski definition) is 3. The number of hydrazone groups is 1. The number of nitrogens with one attached hydrogen (secondary N) is 2. The molecule has 0 spiro atoms. The first-order valence-electron chi connectivity index (χ1n) is 8.94. The van der Waals surface area contributed by atoms with Crippen LogP contribution in [0.4, 0.5) is 5.69 Å². The zero-order chi connectivity index (χ0) is 22.4. The molecule has 0 bridgehead atoms. The van der Waals surface area contributed by atoms with Gasteiger partial charge in [0, 0.05) is 31.9 Å². The molecule has 0 radical (unpaired) electrons. The minimum Gasteiger partial charge on any atom is -0.504 e. The number of benzene rings is 3. The minimum atomic E-state index is -0.453. The number of carbonyl (C=O) groups excluding carboxylic acids is 2. The van der Waals surface area contributed by atoms with Crippen molar-refractivity contribution in [1.82, 2.24) is 5.43 Å². The Kier molecular flexibility index (Phi) is 7.28. The van der Waals surface area contributed by atoms with E-state index in [9.17, 15) is 14.7 Å². The van der Waals surface area contributed by atoms with Crippen molar-refractivity contribution in [2.24, 2.45) is 5.10 Å². The first-order valence-corrected chi connectivity index (χ1v) is 10.1. The maximum absolute atomic E-state index is 12.3. The largest absolute Gasteiger partial charge is 0.504 e. The van der Waals surface area contributed by atoms with E-state index in [-0.39, 0.29) is 17.4 Å². The molecular weight excluding hydrogens is 486 g/mol. The molecule has 9 heteroatoms. The summed E-state index contributed by atoms with van der Waals surface area (Å²) in [4.78, 5) is 24.5. The molecule has 0 atom stereocenters. The highest BCUT2D eigenvalue weighted by Crippen LogP contribution is 2.32. The van der Waals surface area contributed by atoms with Crippen LogP contribution in [0, 0.1) is 0 Å². The Morgan fingerprint density at radius 2 is 1.81 bits per heavy atom. The second-order valence-electron chi connectivity index (χ2n) is 6.29. The first kappa shape index (κ1) is 22.3. The van der Waals surface area contributed by atoms with Gasteiger partial charge in [0.2, 0.25) is 0 Å². The number of carbonyl (C=O) groups is 2. The molecule has 3 aromatic rings. The number of phenols is 1. The van der Waals surface area contributed by atoms with Gasteiger partial charge in [-0.05, 0) is 54.6 Å². The molecule has 0 saturated carbocycles. The number of methoxy groups -OCH3 is 1. The Labute approximate surface area is 191 Å². The maximum Gasteiger partial charge on any atom is 0.271 e. The molecule has 31 heavy (non-hydrogen) atoms. The molecule has 0 unspecified atom stereocenters. The van der Waals surface area contributed by atoms with Gasteiger partial charge in [0.25, 0.3) is 11.8 Å². The third-order valence-electron chi connectivity index (χ3n) is 4.15. The van der Waals surface area contributed by atoms with Crippen LogP contribution in [0.25, 0.3) is 0 Å². The van der Waals surface area contributed by atoms with E-state index in [0.29, 0.717) is 31.9 Å². The van der Waals surface area contributed by atoms with Crippen LogP contribution in [-0.2, 0) is 0 Å². The number of hydrogen-bond acceptors (Lipinski definition) is 5. The minimum absolute atomic E-state index is 0.0940. The summed E-state index contributed by atoms with van der Waals surface area (Å²) < 4.78 is 5.76. The molecule has 0 aromatic heterocycles. The second-order valence-corrected chi connectivity index (χ2v) is 7.64. The van der Waals surface area contributed by atoms with Crippen molar-refractivity contribution >= 4 is 51.2 Å². The smallest absolute Gasteiger partial charge is 0.271 e.